The zero-order valence-corrected chi connectivity index (χ0v) is 70.6. The normalized spacial score (nSPS) is 12.0. The fourth-order valence-corrected chi connectivity index (χ4v) is 22.0. The monoisotopic (exact) mass is 1650 g/mol. The Morgan fingerprint density at radius 3 is 0.769 bits per heavy atom. The Labute approximate surface area is 746 Å². The second-order valence-electron chi connectivity index (χ2n) is 34.6. The third-order valence-corrected chi connectivity index (χ3v) is 27.7. The number of hydrogen-bond acceptors (Lipinski definition) is 0. The second-order valence-corrected chi connectivity index (χ2v) is 34.6. The van der Waals surface area contributed by atoms with E-state index in [9.17, 15) is 0 Å². The van der Waals surface area contributed by atoms with E-state index in [4.69, 9.17) is 0 Å². The topological polar surface area (TPSA) is 62.2 Å². The summed E-state index contributed by atoms with van der Waals surface area (Å²) in [5, 5.41) is 32.9. The van der Waals surface area contributed by atoms with Crippen LogP contribution in [0.2, 0.25) is 0 Å². The van der Waals surface area contributed by atoms with Gasteiger partial charge in [0, 0.05) is 114 Å². The summed E-state index contributed by atoms with van der Waals surface area (Å²) in [5.41, 5.74) is 27.9. The van der Waals surface area contributed by atoms with Gasteiger partial charge in [-0.2, -0.15) is 0 Å². The van der Waals surface area contributed by atoms with E-state index in [0.717, 1.165) is 5.69 Å². The van der Waals surface area contributed by atoms with Crippen molar-refractivity contribution in [2.45, 2.75) is 0 Å². The van der Waals surface area contributed by atoms with Gasteiger partial charge in [0.05, 0.1) is 49.7 Å². The van der Waals surface area contributed by atoms with Crippen LogP contribution in [-0.4, -0.2) is 28.7 Å². The van der Waals surface area contributed by atoms with Gasteiger partial charge in [-0.3, -0.25) is 0 Å². The quantitative estimate of drug-likeness (QED) is 0.142. The van der Waals surface area contributed by atoms with Crippen molar-refractivity contribution >= 4 is 206 Å². The number of nitrogens with zero attached hydrogens (tertiary/aromatic N) is 3. The predicted molar refractivity (Wildman–Crippen MR) is 555 cm³/mol. The Morgan fingerprint density at radius 1 is 0.138 bits per heavy atom. The fraction of sp³-hybridized carbons (Fsp3) is 0. The van der Waals surface area contributed by atoms with Gasteiger partial charge in [0.2, 0.25) is 0 Å². The number of H-pyrrole nitrogens is 3. The van der Waals surface area contributed by atoms with Gasteiger partial charge in [0.25, 0.3) is 0 Å². The molecule has 6 heteroatoms. The number of nitrogens with one attached hydrogen (secondary N) is 3. The molecule has 6 nitrogen and oxygen atoms in total. The van der Waals surface area contributed by atoms with Crippen molar-refractivity contribution in [3.63, 3.8) is 0 Å². The maximum absolute atomic E-state index is 3.73. The highest BCUT2D eigenvalue weighted by atomic mass is 15.0. The van der Waals surface area contributed by atoms with Crippen LogP contribution < -0.4 is 0 Å². The summed E-state index contributed by atoms with van der Waals surface area (Å²) in [6.45, 7) is 0. The Bertz CT molecular complexity index is 9760. The number of hydrogen-bond donors (Lipinski definition) is 3. The molecule has 23 aromatic carbocycles. The molecule has 6 aromatic heterocycles. The highest BCUT2D eigenvalue weighted by Crippen LogP contribution is 2.51. The SMILES string of the molecule is c1ccc(-c2ccc(-n3c4ccccc4c4c5ccccc5c(-c5cc6c7ccccc7[nH]c6c6ccccc56)cc43)cc2)cc1.c1ccc(-n2c3ccccc3c3c4ccccc4c(-c4cc5c6ccccc6[nH]c5c5ccccc45)cc32)cc1.c1ccc2cc(-n3c4ccccc4c4c5ccccc5c(-c5cc6c7ccccc7[nH]c6c6ccccc56)cc43)ccc2c1. The minimum absolute atomic E-state index is 1.16. The molecule has 3 N–H and O–H groups in total. The van der Waals surface area contributed by atoms with Gasteiger partial charge in [-0.15, -0.1) is 0 Å². The van der Waals surface area contributed by atoms with Gasteiger partial charge in [-0.1, -0.05) is 346 Å². The molecule has 0 bridgehead atoms. The van der Waals surface area contributed by atoms with Crippen molar-refractivity contribution in [3.05, 3.63) is 455 Å². The largest absolute Gasteiger partial charge is 0.354 e. The smallest absolute Gasteiger partial charge is 0.0553 e. The predicted octanol–water partition coefficient (Wildman–Crippen LogP) is 34.0. The van der Waals surface area contributed by atoms with Crippen LogP contribution in [0, 0.1) is 0 Å². The minimum atomic E-state index is 1.16. The Balaban J connectivity index is 0.000000101. The molecule has 130 heavy (non-hydrogen) atoms. The van der Waals surface area contributed by atoms with Crippen LogP contribution in [-0.2, 0) is 0 Å². The summed E-state index contributed by atoms with van der Waals surface area (Å²) in [5.74, 6) is 0. The van der Waals surface area contributed by atoms with Crippen LogP contribution in [0.25, 0.3) is 268 Å². The third-order valence-electron chi connectivity index (χ3n) is 27.7. The van der Waals surface area contributed by atoms with E-state index in [-0.39, 0.29) is 0 Å². The molecule has 6 heterocycles. The summed E-state index contributed by atoms with van der Waals surface area (Å²) < 4.78 is 7.33. The van der Waals surface area contributed by atoms with Crippen LogP contribution in [0.1, 0.15) is 0 Å². The van der Waals surface area contributed by atoms with Crippen molar-refractivity contribution < 1.29 is 0 Å². The number of aromatic nitrogens is 6. The van der Waals surface area contributed by atoms with Gasteiger partial charge in [-0.05, 0) is 213 Å². The Kier molecular flexibility index (Phi) is 16.4. The molecule has 0 atom stereocenters. The molecule has 0 saturated heterocycles. The first kappa shape index (κ1) is 73.1. The fourth-order valence-electron chi connectivity index (χ4n) is 22.0. The molecule has 0 aliphatic rings. The molecule has 29 rings (SSSR count). The van der Waals surface area contributed by atoms with Crippen LogP contribution in [0.5, 0.6) is 0 Å². The first-order valence-corrected chi connectivity index (χ1v) is 44.9. The number of para-hydroxylation sites is 7. The molecule has 0 spiro atoms. The number of benzene rings is 23. The van der Waals surface area contributed by atoms with E-state index in [2.05, 4.69) is 484 Å². The van der Waals surface area contributed by atoms with E-state index >= 15 is 0 Å². The van der Waals surface area contributed by atoms with E-state index < -0.39 is 0 Å². The highest BCUT2D eigenvalue weighted by molar-refractivity contribution is 6.32. The molecule has 0 unspecified atom stereocenters. The van der Waals surface area contributed by atoms with Crippen molar-refractivity contribution in [2.24, 2.45) is 0 Å². The molecule has 29 aromatic rings. The lowest BCUT2D eigenvalue weighted by atomic mass is 9.90. The van der Waals surface area contributed by atoms with E-state index in [0.29, 0.717) is 0 Å². The van der Waals surface area contributed by atoms with E-state index in [1.54, 1.807) is 0 Å². The van der Waals surface area contributed by atoms with Gasteiger partial charge in [0.1, 0.15) is 0 Å². The second kappa shape index (κ2) is 29.1. The summed E-state index contributed by atoms with van der Waals surface area (Å²) in [4.78, 5) is 11.2. The van der Waals surface area contributed by atoms with Crippen molar-refractivity contribution in [1.29, 1.82) is 0 Å². The van der Waals surface area contributed by atoms with Crippen LogP contribution in [0.3, 0.4) is 0 Å². The molecule has 0 aliphatic carbocycles. The summed E-state index contributed by atoms with van der Waals surface area (Å²) >= 11 is 0. The standard InChI is InChI=1S/C44H28N2.C42H26N2.C38H24N2/c1-2-12-28(13-3-1)29-22-24-30(25-23-29)46-41-21-11-9-19-36(41)43-34-17-6-4-14-31(34)38(27-42(43)46)37-26-39-33-16-8-10-20-40(33)45-44(39)35-18-7-5-15-32(35)37;1-2-12-27-23-28(22-21-26(27)11-1)44-39-20-10-8-18-34(39)41-32-16-5-3-13-29(32)36(25-40(41)44)35-24-37-31-15-7-9-19-38(31)43-42(37)33-17-6-4-14-30(33)35;1-2-12-24(13-3-1)40-35-21-11-9-19-30(35)37-28-17-6-4-14-25(28)32(23-36(37)40)31-22-33-27-16-8-10-20-34(27)39-38(33)29-18-7-5-15-26(29)31/h1-27,45H;1-25,43H;1-23,39H. The number of fused-ring (bicyclic) bond motifs is 31. The van der Waals surface area contributed by atoms with Crippen LogP contribution >= 0.6 is 0 Å². The van der Waals surface area contributed by atoms with Crippen molar-refractivity contribution in [2.75, 3.05) is 0 Å². The lowest BCUT2D eigenvalue weighted by molar-refractivity contribution is 1.18. The molecule has 0 aliphatic heterocycles. The molecule has 0 fully saturated rings. The van der Waals surface area contributed by atoms with Gasteiger partial charge in [0.15, 0.2) is 0 Å². The third kappa shape index (κ3) is 11.2. The number of aromatic amines is 3. The molecular formula is C124H78N6. The van der Waals surface area contributed by atoms with E-state index in [1.165, 1.54) is 262 Å². The van der Waals surface area contributed by atoms with Gasteiger partial charge >= 0.3 is 0 Å². The van der Waals surface area contributed by atoms with E-state index in [1.807, 2.05) is 0 Å². The molecule has 0 amide bonds. The molecule has 0 radical (unpaired) electrons. The van der Waals surface area contributed by atoms with Crippen LogP contribution in [0.15, 0.2) is 455 Å². The first-order chi connectivity index (χ1) is 64.5. The average molecular weight is 1650 g/mol. The molecule has 604 valence electrons. The zero-order chi connectivity index (χ0) is 85.2. The average Bonchev–Trinajstić information content (AvgIpc) is 1.54. The maximum atomic E-state index is 3.73. The lowest BCUT2D eigenvalue weighted by Gasteiger charge is -2.15. The lowest BCUT2D eigenvalue weighted by Crippen LogP contribution is -1.95. The van der Waals surface area contributed by atoms with Crippen LogP contribution in [0.4, 0.5) is 0 Å². The van der Waals surface area contributed by atoms with Crippen molar-refractivity contribution in [1.82, 2.24) is 28.7 Å². The summed E-state index contributed by atoms with van der Waals surface area (Å²) in [7, 11) is 0. The summed E-state index contributed by atoms with van der Waals surface area (Å²) in [6.07, 6.45) is 0. The Hall–Kier alpha value is -17.3. The van der Waals surface area contributed by atoms with Gasteiger partial charge in [-0.25, -0.2) is 0 Å². The van der Waals surface area contributed by atoms with Crippen molar-refractivity contribution in [3.8, 4) is 61.6 Å². The first-order valence-electron chi connectivity index (χ1n) is 44.9. The minimum Gasteiger partial charge on any atom is -0.354 e. The Morgan fingerprint density at radius 2 is 0.392 bits per heavy atom. The summed E-state index contributed by atoms with van der Waals surface area (Å²) in [6, 6.07) is 166. The maximum Gasteiger partial charge on any atom is 0.0553 e. The molecule has 0 saturated carbocycles. The van der Waals surface area contributed by atoms with Gasteiger partial charge < -0.3 is 28.7 Å². The highest BCUT2D eigenvalue weighted by Gasteiger charge is 2.26. The zero-order valence-electron chi connectivity index (χ0n) is 70.6. The molecular weight excluding hydrogens is 1570 g/mol. The number of rotatable bonds is 7.